The molecule has 1 amide bonds. The fourth-order valence-electron chi connectivity index (χ4n) is 2.54. The highest BCUT2D eigenvalue weighted by Gasteiger charge is 2.17. The highest BCUT2D eigenvalue weighted by atomic mass is 32.1. The molecule has 4 aromatic rings. The summed E-state index contributed by atoms with van der Waals surface area (Å²) in [5, 5.41) is 2.84. The van der Waals surface area contributed by atoms with Gasteiger partial charge in [-0.25, -0.2) is 18.6 Å². The highest BCUT2D eigenvalue weighted by Crippen LogP contribution is 2.34. The maximum Gasteiger partial charge on any atom is 0.348 e. The molecule has 0 fully saturated rings. The minimum Gasteiger partial charge on any atom is -0.451 e. The second-order valence-electron chi connectivity index (χ2n) is 5.87. The number of thiazole rings is 1. The van der Waals surface area contributed by atoms with E-state index < -0.39 is 35.8 Å². The molecule has 0 bridgehead atoms. The van der Waals surface area contributed by atoms with Crippen molar-refractivity contribution < 1.29 is 23.1 Å². The Morgan fingerprint density at radius 3 is 2.48 bits per heavy atom. The van der Waals surface area contributed by atoms with Crippen LogP contribution in [-0.2, 0) is 9.53 Å². The number of esters is 1. The summed E-state index contributed by atoms with van der Waals surface area (Å²) in [5.74, 6) is -3.37. The molecular weight excluding hydrogens is 418 g/mol. The molecule has 0 unspecified atom stereocenters. The van der Waals surface area contributed by atoms with E-state index >= 15 is 0 Å². The quantitative estimate of drug-likeness (QED) is 0.448. The molecule has 2 aromatic heterocycles. The summed E-state index contributed by atoms with van der Waals surface area (Å²) in [6, 6.07) is 14.3. The molecule has 1 N–H and O–H groups in total. The van der Waals surface area contributed by atoms with E-state index in [1.807, 2.05) is 24.3 Å². The zero-order valence-corrected chi connectivity index (χ0v) is 16.3. The van der Waals surface area contributed by atoms with E-state index in [1.165, 1.54) is 28.7 Å². The number of carbonyl (C=O) groups excluding carboxylic acids is 2. The fraction of sp³-hybridized carbons (Fsp3) is 0.0500. The Hall–Kier alpha value is -3.17. The van der Waals surface area contributed by atoms with Crippen LogP contribution in [0.3, 0.4) is 0 Å². The summed E-state index contributed by atoms with van der Waals surface area (Å²) in [6.45, 7) is -0.666. The van der Waals surface area contributed by atoms with Gasteiger partial charge in [0.15, 0.2) is 6.61 Å². The Morgan fingerprint density at radius 2 is 1.72 bits per heavy atom. The van der Waals surface area contributed by atoms with Gasteiger partial charge in [-0.2, -0.15) is 0 Å². The summed E-state index contributed by atoms with van der Waals surface area (Å²) in [5.41, 5.74) is 0.296. The fourth-order valence-corrected chi connectivity index (χ4v) is 4.46. The molecule has 0 atom stereocenters. The first-order chi connectivity index (χ1) is 14.0. The van der Waals surface area contributed by atoms with Crippen molar-refractivity contribution in [3.8, 4) is 9.88 Å². The Labute approximate surface area is 171 Å². The van der Waals surface area contributed by atoms with Gasteiger partial charge in [0.1, 0.15) is 27.2 Å². The number of halogens is 2. The van der Waals surface area contributed by atoms with E-state index in [1.54, 1.807) is 12.1 Å². The molecule has 0 saturated heterocycles. The predicted molar refractivity (Wildman–Crippen MR) is 108 cm³/mol. The molecule has 0 saturated carbocycles. The number of carbonyl (C=O) groups is 2. The number of aromatic nitrogens is 1. The van der Waals surface area contributed by atoms with Gasteiger partial charge in [-0.05, 0) is 36.4 Å². The second-order valence-corrected chi connectivity index (χ2v) is 7.99. The number of para-hydroxylation sites is 2. The molecule has 2 heterocycles. The van der Waals surface area contributed by atoms with Gasteiger partial charge in [-0.1, -0.05) is 18.2 Å². The van der Waals surface area contributed by atoms with Gasteiger partial charge < -0.3 is 10.1 Å². The van der Waals surface area contributed by atoms with Crippen molar-refractivity contribution in [1.29, 1.82) is 0 Å². The van der Waals surface area contributed by atoms with E-state index in [-0.39, 0.29) is 0 Å². The van der Waals surface area contributed by atoms with E-state index in [2.05, 4.69) is 10.3 Å². The van der Waals surface area contributed by atoms with Crippen molar-refractivity contribution in [2.75, 3.05) is 11.9 Å². The molecule has 0 aliphatic heterocycles. The average molecular weight is 430 g/mol. The number of thiophene rings is 1. The summed E-state index contributed by atoms with van der Waals surface area (Å²) < 4.78 is 33.1. The number of rotatable bonds is 5. The lowest BCUT2D eigenvalue weighted by atomic mass is 10.3. The standard InChI is InChI=1S/C20H12F2N2O3S2/c21-11-4-3-5-12(22)18(11)24-17(25)10-27-20(26)16-9-8-15(28-16)19-23-13-6-1-2-7-14(13)29-19/h1-9H,10H2,(H,24,25). The van der Waals surface area contributed by atoms with Crippen molar-refractivity contribution >= 4 is 50.5 Å². The predicted octanol–water partition coefficient (Wildman–Crippen LogP) is 5.10. The van der Waals surface area contributed by atoms with Gasteiger partial charge in [0.05, 0.1) is 15.1 Å². The van der Waals surface area contributed by atoms with Gasteiger partial charge in [0.2, 0.25) is 0 Å². The molecule has 2 aromatic carbocycles. The van der Waals surface area contributed by atoms with Crippen LogP contribution in [0.15, 0.2) is 54.6 Å². The Kier molecular flexibility index (Phi) is 5.32. The lowest BCUT2D eigenvalue weighted by molar-refractivity contribution is -0.119. The first-order valence-corrected chi connectivity index (χ1v) is 10.0. The van der Waals surface area contributed by atoms with Crippen LogP contribution in [0.4, 0.5) is 14.5 Å². The molecule has 0 spiro atoms. The first-order valence-electron chi connectivity index (χ1n) is 8.38. The van der Waals surface area contributed by atoms with Crippen LogP contribution in [0, 0.1) is 11.6 Å². The number of amides is 1. The number of ether oxygens (including phenoxy) is 1. The highest BCUT2D eigenvalue weighted by molar-refractivity contribution is 7.26. The normalized spacial score (nSPS) is 10.8. The zero-order chi connectivity index (χ0) is 20.4. The lowest BCUT2D eigenvalue weighted by Gasteiger charge is -2.07. The van der Waals surface area contributed by atoms with Crippen LogP contribution in [0.1, 0.15) is 9.67 Å². The summed E-state index contributed by atoms with van der Waals surface area (Å²) in [7, 11) is 0. The molecule has 29 heavy (non-hydrogen) atoms. The maximum absolute atomic E-state index is 13.5. The minimum absolute atomic E-state index is 0.295. The SMILES string of the molecule is O=C(COC(=O)c1ccc(-c2nc3ccccc3s2)s1)Nc1c(F)cccc1F. The van der Waals surface area contributed by atoms with E-state index in [9.17, 15) is 18.4 Å². The van der Waals surface area contributed by atoms with E-state index in [0.717, 1.165) is 32.2 Å². The number of nitrogens with zero attached hydrogens (tertiary/aromatic N) is 1. The van der Waals surface area contributed by atoms with Crippen LogP contribution >= 0.6 is 22.7 Å². The second kappa shape index (κ2) is 8.06. The Balaban J connectivity index is 1.40. The van der Waals surface area contributed by atoms with Crippen LogP contribution in [0.25, 0.3) is 20.1 Å². The number of fused-ring (bicyclic) bond motifs is 1. The molecule has 4 rings (SSSR count). The minimum atomic E-state index is -0.914. The number of hydrogen-bond donors (Lipinski definition) is 1. The summed E-state index contributed by atoms with van der Waals surface area (Å²) in [4.78, 5) is 29.7. The van der Waals surface area contributed by atoms with Crippen molar-refractivity contribution in [2.24, 2.45) is 0 Å². The molecule has 146 valence electrons. The maximum atomic E-state index is 13.5. The third-order valence-corrected chi connectivity index (χ3v) is 6.14. The molecule has 0 aliphatic carbocycles. The topological polar surface area (TPSA) is 68.3 Å². The Morgan fingerprint density at radius 1 is 0.966 bits per heavy atom. The van der Waals surface area contributed by atoms with Gasteiger partial charge in [0.25, 0.3) is 5.91 Å². The Bertz CT molecular complexity index is 1170. The largest absolute Gasteiger partial charge is 0.451 e. The van der Waals surface area contributed by atoms with E-state index in [0.29, 0.717) is 4.88 Å². The number of nitrogens with one attached hydrogen (secondary N) is 1. The summed E-state index contributed by atoms with van der Waals surface area (Å²) >= 11 is 2.70. The summed E-state index contributed by atoms with van der Waals surface area (Å²) in [6.07, 6.45) is 0. The lowest BCUT2D eigenvalue weighted by Crippen LogP contribution is -2.21. The van der Waals surface area contributed by atoms with Gasteiger partial charge in [-0.3, -0.25) is 4.79 Å². The zero-order valence-electron chi connectivity index (χ0n) is 14.6. The van der Waals surface area contributed by atoms with Crippen molar-refractivity contribution in [2.45, 2.75) is 0 Å². The van der Waals surface area contributed by atoms with Gasteiger partial charge in [0, 0.05) is 0 Å². The monoisotopic (exact) mass is 430 g/mol. The number of hydrogen-bond acceptors (Lipinski definition) is 6. The number of benzene rings is 2. The molecule has 0 radical (unpaired) electrons. The van der Waals surface area contributed by atoms with Crippen LogP contribution in [0.2, 0.25) is 0 Å². The van der Waals surface area contributed by atoms with Crippen molar-refractivity contribution in [3.05, 3.63) is 71.1 Å². The van der Waals surface area contributed by atoms with Crippen LogP contribution in [-0.4, -0.2) is 23.5 Å². The van der Waals surface area contributed by atoms with Crippen molar-refractivity contribution in [3.63, 3.8) is 0 Å². The third-order valence-electron chi connectivity index (χ3n) is 3.87. The first kappa shape index (κ1) is 19.2. The van der Waals surface area contributed by atoms with Crippen LogP contribution in [0.5, 0.6) is 0 Å². The van der Waals surface area contributed by atoms with E-state index in [4.69, 9.17) is 4.74 Å². The van der Waals surface area contributed by atoms with Gasteiger partial charge >= 0.3 is 5.97 Å². The van der Waals surface area contributed by atoms with Gasteiger partial charge in [-0.15, -0.1) is 22.7 Å². The van der Waals surface area contributed by atoms with Crippen molar-refractivity contribution in [1.82, 2.24) is 4.98 Å². The average Bonchev–Trinajstić information content (AvgIpc) is 3.36. The van der Waals surface area contributed by atoms with Crippen LogP contribution < -0.4 is 5.32 Å². The smallest absolute Gasteiger partial charge is 0.348 e. The third kappa shape index (κ3) is 4.15. The number of anilines is 1. The molecule has 9 heteroatoms. The molecule has 0 aliphatic rings. The molecular formula is C20H12F2N2O3S2. The molecule has 5 nitrogen and oxygen atoms in total.